The minimum atomic E-state index is 0.659. The van der Waals surface area contributed by atoms with Crippen LogP contribution in [0.2, 0.25) is 0 Å². The van der Waals surface area contributed by atoms with Crippen LogP contribution < -0.4 is 16.4 Å². The molecule has 3 heterocycles. The van der Waals surface area contributed by atoms with E-state index in [2.05, 4.69) is 32.7 Å². The second-order valence-corrected chi connectivity index (χ2v) is 6.80. The minimum Gasteiger partial charge on any atom is -0.383 e. The number of aliphatic imine (C=N–C) groups is 1. The zero-order chi connectivity index (χ0) is 17.8. The summed E-state index contributed by atoms with van der Waals surface area (Å²) in [5.41, 5.74) is 10.3. The Balaban J connectivity index is 1.38. The quantitative estimate of drug-likeness (QED) is 0.681. The van der Waals surface area contributed by atoms with Crippen molar-refractivity contribution in [1.82, 2.24) is 20.4 Å². The average Bonchev–Trinajstić information content (AvgIpc) is 3.21. The molecule has 3 aliphatic heterocycles. The molecule has 0 radical (unpaired) electrons. The predicted octanol–water partition coefficient (Wildman–Crippen LogP) is 1.63. The van der Waals surface area contributed by atoms with Crippen LogP contribution >= 0.6 is 0 Å². The minimum absolute atomic E-state index is 0.659. The van der Waals surface area contributed by atoms with Crippen LogP contribution in [0.1, 0.15) is 18.4 Å². The summed E-state index contributed by atoms with van der Waals surface area (Å²) >= 11 is 0. The second kappa shape index (κ2) is 7.76. The van der Waals surface area contributed by atoms with Gasteiger partial charge < -0.3 is 20.9 Å². The van der Waals surface area contributed by atoms with Crippen molar-refractivity contribution >= 4 is 12.0 Å². The van der Waals surface area contributed by atoms with Crippen LogP contribution in [-0.4, -0.2) is 49.0 Å². The van der Waals surface area contributed by atoms with Crippen LogP contribution in [0, 0.1) is 0 Å². The van der Waals surface area contributed by atoms with Crippen molar-refractivity contribution in [3.05, 3.63) is 65.3 Å². The van der Waals surface area contributed by atoms with Crippen molar-refractivity contribution in [2.75, 3.05) is 32.8 Å². The summed E-state index contributed by atoms with van der Waals surface area (Å²) in [4.78, 5) is 8.99. The maximum absolute atomic E-state index is 6.41. The van der Waals surface area contributed by atoms with E-state index in [4.69, 9.17) is 5.73 Å². The number of nitrogens with two attached hydrogens (primary N) is 1. The van der Waals surface area contributed by atoms with E-state index in [9.17, 15) is 0 Å². The molecule has 0 aromatic heterocycles. The number of benzene rings is 1. The highest BCUT2D eigenvalue weighted by molar-refractivity contribution is 5.74. The molecule has 6 nitrogen and oxygen atoms in total. The molecule has 26 heavy (non-hydrogen) atoms. The van der Waals surface area contributed by atoms with E-state index in [0.717, 1.165) is 35.7 Å². The van der Waals surface area contributed by atoms with Crippen LogP contribution in [0.4, 0.5) is 0 Å². The summed E-state index contributed by atoms with van der Waals surface area (Å²) in [5.74, 6) is 0.696. The summed E-state index contributed by atoms with van der Waals surface area (Å²) in [6, 6.07) is 10.2. The Kier molecular flexibility index (Phi) is 5.04. The van der Waals surface area contributed by atoms with E-state index >= 15 is 0 Å². The van der Waals surface area contributed by atoms with Crippen molar-refractivity contribution in [3.8, 4) is 0 Å². The Morgan fingerprint density at radius 3 is 2.73 bits per heavy atom. The number of fused-ring (bicyclic) bond motifs is 1. The molecule has 136 valence electrons. The van der Waals surface area contributed by atoms with Gasteiger partial charge in [0, 0.05) is 18.8 Å². The monoisotopic (exact) mass is 350 g/mol. The first kappa shape index (κ1) is 16.9. The van der Waals surface area contributed by atoms with Gasteiger partial charge in [-0.25, -0.2) is 4.99 Å². The third-order valence-corrected chi connectivity index (χ3v) is 5.00. The third-order valence-electron chi connectivity index (χ3n) is 5.00. The van der Waals surface area contributed by atoms with Gasteiger partial charge in [-0.05, 0) is 43.6 Å². The first-order valence-corrected chi connectivity index (χ1v) is 9.30. The molecule has 1 aromatic carbocycles. The molecule has 1 aromatic rings. The molecular formula is C20H26N6. The highest BCUT2D eigenvalue weighted by Crippen LogP contribution is 2.26. The van der Waals surface area contributed by atoms with Gasteiger partial charge in [-0.1, -0.05) is 30.3 Å². The van der Waals surface area contributed by atoms with E-state index < -0.39 is 0 Å². The average molecular weight is 350 g/mol. The SMILES string of the molecule is NC1=C2NC(c3ccccc3)=CC=C2N=CN1CNCCN1CCCC1. The smallest absolute Gasteiger partial charge is 0.132 e. The lowest BCUT2D eigenvalue weighted by atomic mass is 10.1. The molecule has 0 spiro atoms. The fourth-order valence-corrected chi connectivity index (χ4v) is 3.48. The van der Waals surface area contributed by atoms with E-state index in [1.165, 1.54) is 25.9 Å². The molecule has 6 heteroatoms. The fraction of sp³-hybridized carbons (Fsp3) is 0.350. The van der Waals surface area contributed by atoms with Gasteiger partial charge in [-0.15, -0.1) is 0 Å². The van der Waals surface area contributed by atoms with Gasteiger partial charge in [0.15, 0.2) is 0 Å². The van der Waals surface area contributed by atoms with Crippen molar-refractivity contribution in [3.63, 3.8) is 0 Å². The van der Waals surface area contributed by atoms with Crippen LogP contribution in [0.5, 0.6) is 0 Å². The maximum Gasteiger partial charge on any atom is 0.132 e. The fourth-order valence-electron chi connectivity index (χ4n) is 3.48. The number of nitrogens with one attached hydrogen (secondary N) is 2. The molecule has 4 rings (SSSR count). The van der Waals surface area contributed by atoms with Crippen LogP contribution in [-0.2, 0) is 0 Å². The van der Waals surface area contributed by atoms with Crippen LogP contribution in [0.15, 0.2) is 64.7 Å². The Labute approximate surface area is 154 Å². The highest BCUT2D eigenvalue weighted by Gasteiger charge is 2.22. The zero-order valence-electron chi connectivity index (χ0n) is 15.0. The van der Waals surface area contributed by atoms with Crippen molar-refractivity contribution < 1.29 is 0 Å². The summed E-state index contributed by atoms with van der Waals surface area (Å²) in [6.07, 6.45) is 8.51. The summed E-state index contributed by atoms with van der Waals surface area (Å²) < 4.78 is 0. The van der Waals surface area contributed by atoms with Gasteiger partial charge in [0.05, 0.1) is 18.7 Å². The Morgan fingerprint density at radius 2 is 1.92 bits per heavy atom. The maximum atomic E-state index is 6.41. The van der Waals surface area contributed by atoms with Crippen molar-refractivity contribution in [1.29, 1.82) is 0 Å². The number of hydrogen-bond donors (Lipinski definition) is 3. The summed E-state index contributed by atoms with van der Waals surface area (Å²) in [5, 5.41) is 6.91. The van der Waals surface area contributed by atoms with E-state index in [1.54, 1.807) is 6.34 Å². The molecule has 4 N–H and O–H groups in total. The van der Waals surface area contributed by atoms with Crippen molar-refractivity contribution in [2.24, 2.45) is 10.7 Å². The second-order valence-electron chi connectivity index (χ2n) is 6.80. The Bertz CT molecular complexity index is 756. The lowest BCUT2D eigenvalue weighted by Crippen LogP contribution is -2.42. The molecule has 1 saturated heterocycles. The van der Waals surface area contributed by atoms with Gasteiger partial charge in [0.25, 0.3) is 0 Å². The largest absolute Gasteiger partial charge is 0.383 e. The Hall–Kier alpha value is -2.57. The number of hydrogen-bond acceptors (Lipinski definition) is 6. The van der Waals surface area contributed by atoms with Gasteiger partial charge in [0.2, 0.25) is 0 Å². The molecule has 0 saturated carbocycles. The van der Waals surface area contributed by atoms with Crippen LogP contribution in [0.25, 0.3) is 5.70 Å². The van der Waals surface area contributed by atoms with E-state index in [1.807, 2.05) is 35.3 Å². The molecule has 1 fully saturated rings. The number of rotatable bonds is 6. The standard InChI is InChI=1S/C20H26N6/c21-20-19-18(9-8-17(24-19)16-6-2-1-3-7-16)23-15-26(20)14-22-10-13-25-11-4-5-12-25/h1-3,6-9,15,22,24H,4-5,10-14,21H2. The molecule has 0 atom stereocenters. The van der Waals surface area contributed by atoms with Gasteiger partial charge in [-0.3, -0.25) is 5.32 Å². The summed E-state index contributed by atoms with van der Waals surface area (Å²) in [6.45, 7) is 5.16. The first-order valence-electron chi connectivity index (χ1n) is 9.30. The predicted molar refractivity (Wildman–Crippen MR) is 106 cm³/mol. The third kappa shape index (κ3) is 3.66. The first-order chi connectivity index (χ1) is 12.8. The summed E-state index contributed by atoms with van der Waals surface area (Å²) in [7, 11) is 0. The number of nitrogens with zero attached hydrogens (tertiary/aromatic N) is 3. The topological polar surface area (TPSA) is 68.9 Å². The number of dihydropyridines is 1. The van der Waals surface area contributed by atoms with Crippen LogP contribution in [0.3, 0.4) is 0 Å². The number of allylic oxidation sites excluding steroid dienone is 2. The molecular weight excluding hydrogens is 324 g/mol. The molecule has 0 unspecified atom stereocenters. The van der Waals surface area contributed by atoms with Crippen molar-refractivity contribution in [2.45, 2.75) is 12.8 Å². The zero-order valence-corrected chi connectivity index (χ0v) is 15.0. The van der Waals surface area contributed by atoms with Gasteiger partial charge in [-0.2, -0.15) is 0 Å². The van der Waals surface area contributed by atoms with Gasteiger partial charge in [0.1, 0.15) is 11.5 Å². The molecule has 0 amide bonds. The normalized spacial score (nSPS) is 19.9. The Morgan fingerprint density at radius 1 is 1.12 bits per heavy atom. The number of likely N-dealkylation sites (tertiary alicyclic amines) is 1. The van der Waals surface area contributed by atoms with Gasteiger partial charge >= 0.3 is 0 Å². The highest BCUT2D eigenvalue weighted by atomic mass is 15.3. The lowest BCUT2D eigenvalue weighted by Gasteiger charge is -2.30. The lowest BCUT2D eigenvalue weighted by molar-refractivity contribution is 0.325. The molecule has 0 aliphatic carbocycles. The molecule has 0 bridgehead atoms. The molecule has 3 aliphatic rings. The van der Waals surface area contributed by atoms with E-state index in [-0.39, 0.29) is 0 Å². The van der Waals surface area contributed by atoms with E-state index in [0.29, 0.717) is 12.5 Å².